The maximum absolute atomic E-state index is 12.4. The van der Waals surface area contributed by atoms with E-state index in [0.717, 1.165) is 42.7 Å². The molecule has 0 saturated carbocycles. The Hall–Kier alpha value is -3.18. The third-order valence-electron chi connectivity index (χ3n) is 6.29. The minimum atomic E-state index is 0.0731. The molecule has 0 unspecified atom stereocenters. The van der Waals surface area contributed by atoms with Crippen molar-refractivity contribution in [3.63, 3.8) is 0 Å². The van der Waals surface area contributed by atoms with E-state index in [9.17, 15) is 4.79 Å². The first kappa shape index (κ1) is 22.0. The number of carbonyl (C=O) groups is 1. The van der Waals surface area contributed by atoms with Gasteiger partial charge in [-0.05, 0) is 66.6 Å². The van der Waals surface area contributed by atoms with Gasteiger partial charge >= 0.3 is 0 Å². The number of carbonyl (C=O) groups excluding carboxylic acids is 1. The van der Waals surface area contributed by atoms with Gasteiger partial charge in [-0.1, -0.05) is 43.3 Å². The summed E-state index contributed by atoms with van der Waals surface area (Å²) < 4.78 is 1.94. The van der Waals surface area contributed by atoms with Gasteiger partial charge in [0.25, 0.3) is 0 Å². The molecular formula is C27H32N4O. The van der Waals surface area contributed by atoms with E-state index >= 15 is 0 Å². The first-order chi connectivity index (χ1) is 15.5. The number of aromatic nitrogens is 2. The van der Waals surface area contributed by atoms with Crippen molar-refractivity contribution in [1.29, 1.82) is 0 Å². The normalized spacial score (nSPS) is 14.3. The molecule has 2 aromatic carbocycles. The number of rotatable bonds is 7. The van der Waals surface area contributed by atoms with E-state index in [2.05, 4.69) is 90.8 Å². The third-order valence-corrected chi connectivity index (χ3v) is 6.29. The van der Waals surface area contributed by atoms with E-state index in [-0.39, 0.29) is 5.91 Å². The van der Waals surface area contributed by atoms with Crippen LogP contribution in [0, 0.1) is 13.8 Å². The van der Waals surface area contributed by atoms with Crippen LogP contribution in [0.2, 0.25) is 0 Å². The van der Waals surface area contributed by atoms with Crippen molar-refractivity contribution in [3.05, 3.63) is 88.8 Å². The summed E-state index contributed by atoms with van der Waals surface area (Å²) in [5, 5.41) is 7.60. The van der Waals surface area contributed by atoms with Gasteiger partial charge in [0.15, 0.2) is 0 Å². The highest BCUT2D eigenvalue weighted by Crippen LogP contribution is 2.23. The average molecular weight is 429 g/mol. The Morgan fingerprint density at radius 3 is 2.53 bits per heavy atom. The zero-order valence-electron chi connectivity index (χ0n) is 19.3. The number of hydrogen-bond donors (Lipinski definition) is 1. The molecule has 0 fully saturated rings. The molecule has 32 heavy (non-hydrogen) atoms. The van der Waals surface area contributed by atoms with Crippen molar-refractivity contribution in [1.82, 2.24) is 20.0 Å². The molecule has 1 aromatic heterocycles. The highest BCUT2D eigenvalue weighted by atomic mass is 16.2. The van der Waals surface area contributed by atoms with Gasteiger partial charge in [-0.3, -0.25) is 9.69 Å². The monoisotopic (exact) mass is 428 g/mol. The van der Waals surface area contributed by atoms with E-state index in [4.69, 9.17) is 0 Å². The minimum Gasteiger partial charge on any atom is -0.351 e. The highest BCUT2D eigenvalue weighted by Gasteiger charge is 2.17. The van der Waals surface area contributed by atoms with Crippen LogP contribution in [0.4, 0.5) is 0 Å². The lowest BCUT2D eigenvalue weighted by molar-refractivity contribution is -0.122. The molecule has 0 atom stereocenters. The van der Waals surface area contributed by atoms with Crippen molar-refractivity contribution < 1.29 is 4.79 Å². The Balaban J connectivity index is 1.29. The fourth-order valence-electron chi connectivity index (χ4n) is 3.97. The lowest BCUT2D eigenvalue weighted by Gasteiger charge is -2.25. The van der Waals surface area contributed by atoms with Gasteiger partial charge in [0, 0.05) is 31.4 Å². The number of nitrogens with zero attached hydrogens (tertiary/aromatic N) is 3. The van der Waals surface area contributed by atoms with Crippen LogP contribution >= 0.6 is 0 Å². The predicted molar refractivity (Wildman–Crippen MR) is 130 cm³/mol. The molecule has 0 saturated heterocycles. The molecule has 4 rings (SSSR count). The zero-order chi connectivity index (χ0) is 22.5. The second-order valence-electron chi connectivity index (χ2n) is 8.60. The molecule has 2 heterocycles. The molecule has 166 valence electrons. The van der Waals surface area contributed by atoms with Crippen LogP contribution in [0.1, 0.15) is 41.2 Å². The molecular weight excluding hydrogens is 396 g/mol. The number of hydrogen-bond acceptors (Lipinski definition) is 3. The number of benzene rings is 2. The standard InChI is InChI=1S/C27H32N4O/c1-4-22-6-8-23(9-7-22)16-28-27(32)19-30-13-11-24(12-14-30)25-17-29-31(18-25)26-10-5-20(2)21(3)15-26/h5-11,15,17-18H,4,12-14,16,19H2,1-3H3,(H,28,32). The van der Waals surface area contributed by atoms with Crippen LogP contribution in [-0.4, -0.2) is 40.2 Å². The molecule has 0 bridgehead atoms. The summed E-state index contributed by atoms with van der Waals surface area (Å²) in [5.74, 6) is 0.0731. The zero-order valence-corrected chi connectivity index (χ0v) is 19.3. The molecule has 1 amide bonds. The van der Waals surface area contributed by atoms with Crippen molar-refractivity contribution >= 4 is 11.5 Å². The first-order valence-electron chi connectivity index (χ1n) is 11.4. The summed E-state index contributed by atoms with van der Waals surface area (Å²) in [6, 6.07) is 14.8. The van der Waals surface area contributed by atoms with E-state index < -0.39 is 0 Å². The van der Waals surface area contributed by atoms with Crippen LogP contribution in [0.15, 0.2) is 60.9 Å². The van der Waals surface area contributed by atoms with Crippen molar-refractivity contribution in [2.24, 2.45) is 0 Å². The van der Waals surface area contributed by atoms with Crippen LogP contribution in [0.25, 0.3) is 11.3 Å². The maximum atomic E-state index is 12.4. The highest BCUT2D eigenvalue weighted by molar-refractivity contribution is 5.78. The van der Waals surface area contributed by atoms with Gasteiger partial charge in [0.2, 0.25) is 5.91 Å². The lowest BCUT2D eigenvalue weighted by Crippen LogP contribution is -2.39. The summed E-state index contributed by atoms with van der Waals surface area (Å²) in [4.78, 5) is 14.6. The Morgan fingerprint density at radius 2 is 1.84 bits per heavy atom. The van der Waals surface area contributed by atoms with Crippen LogP contribution < -0.4 is 5.32 Å². The van der Waals surface area contributed by atoms with E-state index in [1.54, 1.807) is 0 Å². The van der Waals surface area contributed by atoms with Crippen molar-refractivity contribution in [2.75, 3.05) is 19.6 Å². The number of aryl methyl sites for hydroxylation is 3. The molecule has 3 aromatic rings. The number of nitrogens with one attached hydrogen (secondary N) is 1. The third kappa shape index (κ3) is 5.35. The van der Waals surface area contributed by atoms with Crippen LogP contribution in [-0.2, 0) is 17.8 Å². The van der Waals surface area contributed by atoms with Gasteiger partial charge in [-0.25, -0.2) is 4.68 Å². The largest absolute Gasteiger partial charge is 0.351 e. The average Bonchev–Trinajstić information content (AvgIpc) is 3.31. The topological polar surface area (TPSA) is 50.2 Å². The molecule has 1 N–H and O–H groups in total. The van der Waals surface area contributed by atoms with Gasteiger partial charge in [-0.2, -0.15) is 5.10 Å². The minimum absolute atomic E-state index is 0.0731. The summed E-state index contributed by atoms with van der Waals surface area (Å²) in [6.45, 7) is 9.05. The fourth-order valence-corrected chi connectivity index (χ4v) is 3.97. The first-order valence-corrected chi connectivity index (χ1v) is 11.4. The van der Waals surface area contributed by atoms with Crippen LogP contribution in [0.5, 0.6) is 0 Å². The molecule has 0 spiro atoms. The summed E-state index contributed by atoms with van der Waals surface area (Å²) in [5.41, 5.74) is 8.54. The van der Waals surface area contributed by atoms with E-state index in [1.807, 2.05) is 10.9 Å². The molecule has 1 aliphatic rings. The van der Waals surface area contributed by atoms with Crippen molar-refractivity contribution in [3.8, 4) is 5.69 Å². The SMILES string of the molecule is CCc1ccc(CNC(=O)CN2CC=C(c3cnn(-c4ccc(C)c(C)c4)c3)CC2)cc1. The second-order valence-corrected chi connectivity index (χ2v) is 8.60. The predicted octanol–water partition coefficient (Wildman–Crippen LogP) is 4.46. The Morgan fingerprint density at radius 1 is 1.06 bits per heavy atom. The van der Waals surface area contributed by atoms with Crippen LogP contribution in [0.3, 0.4) is 0 Å². The second kappa shape index (κ2) is 9.96. The lowest BCUT2D eigenvalue weighted by atomic mass is 10.0. The van der Waals surface area contributed by atoms with Gasteiger partial charge < -0.3 is 5.32 Å². The van der Waals surface area contributed by atoms with Gasteiger partial charge in [0.05, 0.1) is 18.4 Å². The summed E-state index contributed by atoms with van der Waals surface area (Å²) in [6.07, 6.45) is 8.21. The Kier molecular flexibility index (Phi) is 6.86. The van der Waals surface area contributed by atoms with Gasteiger partial charge in [0.1, 0.15) is 0 Å². The molecule has 0 aliphatic carbocycles. The molecule has 5 nitrogen and oxygen atoms in total. The van der Waals surface area contributed by atoms with E-state index in [0.29, 0.717) is 13.1 Å². The van der Waals surface area contributed by atoms with Gasteiger partial charge in [-0.15, -0.1) is 0 Å². The Labute approximate surface area is 190 Å². The van der Waals surface area contributed by atoms with Crippen molar-refractivity contribution in [2.45, 2.75) is 40.2 Å². The quantitative estimate of drug-likeness (QED) is 0.605. The summed E-state index contributed by atoms with van der Waals surface area (Å²) >= 11 is 0. The maximum Gasteiger partial charge on any atom is 0.234 e. The Bertz CT molecular complexity index is 1110. The molecule has 5 heteroatoms. The van der Waals surface area contributed by atoms with E-state index in [1.165, 1.54) is 22.3 Å². The summed E-state index contributed by atoms with van der Waals surface area (Å²) in [7, 11) is 0. The molecule has 0 radical (unpaired) electrons. The fraction of sp³-hybridized carbons (Fsp3) is 0.333. The molecule has 1 aliphatic heterocycles. The smallest absolute Gasteiger partial charge is 0.234 e. The number of amides is 1.